The van der Waals surface area contributed by atoms with Gasteiger partial charge in [-0.25, -0.2) is 4.79 Å². The van der Waals surface area contributed by atoms with Crippen LogP contribution in [0.15, 0.2) is 24.5 Å². The molecular weight excluding hydrogens is 326 g/mol. The summed E-state index contributed by atoms with van der Waals surface area (Å²) in [5.41, 5.74) is 1.72. The maximum Gasteiger partial charge on any atom is 0.321 e. The molecule has 0 spiro atoms. The second-order valence-electron chi connectivity index (χ2n) is 6.65. The summed E-state index contributed by atoms with van der Waals surface area (Å²) in [6.07, 6.45) is 5.13. The van der Waals surface area contributed by atoms with Crippen LogP contribution in [0.1, 0.15) is 42.6 Å². The van der Waals surface area contributed by atoms with Crippen molar-refractivity contribution in [2.45, 2.75) is 38.1 Å². The fraction of sp³-hybridized carbons (Fsp3) is 0.471. The predicted molar refractivity (Wildman–Crippen MR) is 92.4 cm³/mol. The summed E-state index contributed by atoms with van der Waals surface area (Å²) in [6, 6.07) is 5.75. The van der Waals surface area contributed by atoms with Crippen LogP contribution in [0.4, 0.5) is 10.5 Å². The Morgan fingerprint density at radius 2 is 2.17 bits per heavy atom. The molecule has 2 fully saturated rings. The number of benzene rings is 1. The first-order valence-electron chi connectivity index (χ1n) is 8.33. The predicted octanol–water partition coefficient (Wildman–Crippen LogP) is 3.60. The molecule has 0 bridgehead atoms. The van der Waals surface area contributed by atoms with Crippen molar-refractivity contribution in [1.29, 1.82) is 0 Å². The summed E-state index contributed by atoms with van der Waals surface area (Å²) in [5.74, 6) is 1.64. The van der Waals surface area contributed by atoms with Gasteiger partial charge in [0.2, 0.25) is 0 Å². The van der Waals surface area contributed by atoms with E-state index in [-0.39, 0.29) is 12.1 Å². The highest BCUT2D eigenvalue weighted by molar-refractivity contribution is 6.31. The Balaban J connectivity index is 1.41. The highest BCUT2D eigenvalue weighted by Gasteiger charge is 2.34. The van der Waals surface area contributed by atoms with Crippen molar-refractivity contribution < 1.29 is 4.79 Å². The lowest BCUT2D eigenvalue weighted by molar-refractivity contribution is 0.221. The summed E-state index contributed by atoms with van der Waals surface area (Å²) in [4.78, 5) is 14.3. The van der Waals surface area contributed by atoms with Crippen LogP contribution in [0.2, 0.25) is 5.02 Å². The summed E-state index contributed by atoms with van der Waals surface area (Å²) >= 11 is 6.12. The van der Waals surface area contributed by atoms with Crippen molar-refractivity contribution in [3.05, 3.63) is 40.9 Å². The van der Waals surface area contributed by atoms with Gasteiger partial charge in [0, 0.05) is 29.7 Å². The minimum Gasteiger partial charge on any atom is -0.322 e. The zero-order chi connectivity index (χ0) is 16.7. The summed E-state index contributed by atoms with van der Waals surface area (Å²) in [7, 11) is 0. The molecule has 1 aliphatic carbocycles. The van der Waals surface area contributed by atoms with Crippen molar-refractivity contribution in [3.8, 4) is 0 Å². The maximum atomic E-state index is 12.5. The number of nitrogens with zero attached hydrogens (tertiary/aromatic N) is 4. The first-order chi connectivity index (χ1) is 11.6. The molecule has 126 valence electrons. The van der Waals surface area contributed by atoms with Gasteiger partial charge in [0.05, 0.1) is 6.04 Å². The van der Waals surface area contributed by atoms with Crippen LogP contribution in [-0.2, 0) is 0 Å². The van der Waals surface area contributed by atoms with Gasteiger partial charge in [-0.05, 0) is 43.9 Å². The van der Waals surface area contributed by atoms with Crippen LogP contribution in [0, 0.1) is 6.92 Å². The van der Waals surface area contributed by atoms with E-state index in [0.29, 0.717) is 17.5 Å². The third kappa shape index (κ3) is 2.98. The zero-order valence-corrected chi connectivity index (χ0v) is 14.3. The van der Waals surface area contributed by atoms with Gasteiger partial charge in [-0.3, -0.25) is 0 Å². The number of carbonyl (C=O) groups excluding carboxylic acids is 1. The Morgan fingerprint density at radius 3 is 2.92 bits per heavy atom. The molecule has 1 unspecified atom stereocenters. The van der Waals surface area contributed by atoms with E-state index in [1.54, 1.807) is 12.4 Å². The normalized spacial score (nSPS) is 20.4. The molecule has 7 heteroatoms. The van der Waals surface area contributed by atoms with E-state index in [2.05, 4.69) is 20.1 Å². The number of halogens is 1. The number of aryl methyl sites for hydroxylation is 1. The highest BCUT2D eigenvalue weighted by atomic mass is 35.5. The van der Waals surface area contributed by atoms with E-state index < -0.39 is 0 Å². The Kier molecular flexibility index (Phi) is 3.92. The van der Waals surface area contributed by atoms with Gasteiger partial charge >= 0.3 is 6.03 Å². The van der Waals surface area contributed by atoms with E-state index in [9.17, 15) is 4.79 Å². The van der Waals surface area contributed by atoms with E-state index in [1.807, 2.05) is 24.0 Å². The number of hydrogen-bond acceptors (Lipinski definition) is 3. The third-order valence-electron chi connectivity index (χ3n) is 4.81. The second-order valence-corrected chi connectivity index (χ2v) is 7.06. The minimum atomic E-state index is -0.0848. The van der Waals surface area contributed by atoms with Crippen LogP contribution in [0.5, 0.6) is 0 Å². The molecule has 2 aromatic rings. The van der Waals surface area contributed by atoms with Crippen LogP contribution >= 0.6 is 11.6 Å². The molecule has 24 heavy (non-hydrogen) atoms. The third-order valence-corrected chi connectivity index (χ3v) is 5.22. The number of carbonyl (C=O) groups is 1. The molecule has 1 saturated heterocycles. The second kappa shape index (κ2) is 6.09. The molecule has 1 N–H and O–H groups in total. The monoisotopic (exact) mass is 345 g/mol. The van der Waals surface area contributed by atoms with Crippen LogP contribution in [-0.4, -0.2) is 38.8 Å². The Hall–Kier alpha value is -2.08. The molecule has 1 aliphatic heterocycles. The smallest absolute Gasteiger partial charge is 0.321 e. The standard InChI is InChI=1S/C17H20ClN5O/c1-11-2-5-13(8-15(11)18)20-17(24)22-7-6-14(9-22)23-10-19-21-16(23)12-3-4-12/h2,5,8,10,12,14H,3-4,6-7,9H2,1H3,(H,20,24). The number of amides is 2. The minimum absolute atomic E-state index is 0.0848. The molecule has 0 radical (unpaired) electrons. The van der Waals surface area contributed by atoms with Crippen LogP contribution in [0.25, 0.3) is 0 Å². The van der Waals surface area contributed by atoms with Gasteiger partial charge in [-0.15, -0.1) is 10.2 Å². The van der Waals surface area contributed by atoms with Crippen molar-refractivity contribution in [3.63, 3.8) is 0 Å². The SMILES string of the molecule is Cc1ccc(NC(=O)N2CCC(n3cnnc3C3CC3)C2)cc1Cl. The van der Waals surface area contributed by atoms with Gasteiger partial charge in [0.1, 0.15) is 12.2 Å². The van der Waals surface area contributed by atoms with E-state index in [0.717, 1.165) is 30.0 Å². The molecular formula is C17H20ClN5O. The summed E-state index contributed by atoms with van der Waals surface area (Å²) < 4.78 is 2.16. The molecule has 2 aliphatic rings. The highest BCUT2D eigenvalue weighted by Crippen LogP contribution is 2.40. The topological polar surface area (TPSA) is 63.1 Å². The van der Waals surface area contributed by atoms with E-state index >= 15 is 0 Å². The lowest BCUT2D eigenvalue weighted by Gasteiger charge is -2.18. The van der Waals surface area contributed by atoms with Crippen LogP contribution < -0.4 is 5.32 Å². The number of likely N-dealkylation sites (tertiary alicyclic amines) is 1. The Labute approximate surface area is 145 Å². The fourth-order valence-corrected chi connectivity index (χ4v) is 3.37. The van der Waals surface area contributed by atoms with Crippen molar-refractivity contribution >= 4 is 23.3 Å². The average molecular weight is 346 g/mol. The number of rotatable bonds is 3. The van der Waals surface area contributed by atoms with Gasteiger partial charge < -0.3 is 14.8 Å². The van der Waals surface area contributed by atoms with Crippen molar-refractivity contribution in [2.24, 2.45) is 0 Å². The number of urea groups is 1. The van der Waals surface area contributed by atoms with Gasteiger partial charge in [0.15, 0.2) is 0 Å². The van der Waals surface area contributed by atoms with E-state index in [1.165, 1.54) is 12.8 Å². The Morgan fingerprint density at radius 1 is 1.33 bits per heavy atom. The number of nitrogens with one attached hydrogen (secondary N) is 1. The van der Waals surface area contributed by atoms with Crippen LogP contribution in [0.3, 0.4) is 0 Å². The van der Waals surface area contributed by atoms with Gasteiger partial charge in [0.25, 0.3) is 0 Å². The average Bonchev–Trinajstić information content (AvgIpc) is 3.10. The zero-order valence-electron chi connectivity index (χ0n) is 13.6. The van der Waals surface area contributed by atoms with Gasteiger partial charge in [-0.1, -0.05) is 17.7 Å². The first kappa shape index (κ1) is 15.4. The van der Waals surface area contributed by atoms with Crippen molar-refractivity contribution in [2.75, 3.05) is 18.4 Å². The molecule has 2 amide bonds. The number of hydrogen-bond donors (Lipinski definition) is 1. The largest absolute Gasteiger partial charge is 0.322 e. The summed E-state index contributed by atoms with van der Waals surface area (Å²) in [5, 5.41) is 11.9. The Bertz CT molecular complexity index is 770. The van der Waals surface area contributed by atoms with Crippen molar-refractivity contribution in [1.82, 2.24) is 19.7 Å². The lowest BCUT2D eigenvalue weighted by atomic mass is 10.2. The number of anilines is 1. The molecule has 6 nitrogen and oxygen atoms in total. The molecule has 1 atom stereocenters. The maximum absolute atomic E-state index is 12.5. The number of aromatic nitrogens is 3. The van der Waals surface area contributed by atoms with E-state index in [4.69, 9.17) is 11.6 Å². The molecule has 1 saturated carbocycles. The quantitative estimate of drug-likeness (QED) is 0.924. The lowest BCUT2D eigenvalue weighted by Crippen LogP contribution is -2.33. The molecule has 4 rings (SSSR count). The molecule has 2 heterocycles. The molecule has 1 aromatic carbocycles. The first-order valence-corrected chi connectivity index (χ1v) is 8.71. The fourth-order valence-electron chi connectivity index (χ4n) is 3.19. The van der Waals surface area contributed by atoms with Gasteiger partial charge in [-0.2, -0.15) is 0 Å². The summed E-state index contributed by atoms with van der Waals surface area (Å²) in [6.45, 7) is 3.36. The molecule has 1 aromatic heterocycles.